The number of rotatable bonds is 0. The van der Waals surface area contributed by atoms with Crippen molar-refractivity contribution in [2.24, 2.45) is 58.2 Å². The van der Waals surface area contributed by atoms with E-state index in [9.17, 15) is 24.0 Å². The second-order valence-corrected chi connectivity index (χ2v) is 10.3. The van der Waals surface area contributed by atoms with Crippen LogP contribution in [0.2, 0.25) is 0 Å². The van der Waals surface area contributed by atoms with E-state index < -0.39 is 46.5 Å². The molecule has 7 aliphatic rings. The van der Waals surface area contributed by atoms with E-state index in [1.54, 1.807) is 0 Å². The molecule has 0 aromatic heterocycles. The molecule has 7 fully saturated rings. The zero-order valence-corrected chi connectivity index (χ0v) is 15.2. The molecule has 0 N–H and O–H groups in total. The molecular formula is C21H20O7. The Hall–Kier alpha value is -2.05. The van der Waals surface area contributed by atoms with Crippen LogP contribution < -0.4 is 0 Å². The van der Waals surface area contributed by atoms with Crippen molar-refractivity contribution in [3.05, 3.63) is 0 Å². The van der Waals surface area contributed by atoms with E-state index in [4.69, 9.17) is 9.47 Å². The third kappa shape index (κ3) is 1.40. The largest absolute Gasteiger partial charge is 0.393 e. The van der Waals surface area contributed by atoms with Crippen molar-refractivity contribution < 1.29 is 33.4 Å². The van der Waals surface area contributed by atoms with Crippen molar-refractivity contribution in [2.75, 3.05) is 0 Å². The predicted molar refractivity (Wildman–Crippen MR) is 87.7 cm³/mol. The normalized spacial score (nSPS) is 57.6. The maximum atomic E-state index is 14.0. The SMILES string of the molecule is O=C1OC(=O)[C@@H]2[C@H]1[C@@H]1C[C@H]2[C@@]2(CC[C@]3(C[C@@H]4C[C@@H]3[C@H]3C(=O)OC(=O)[C@@H]43)C2=O)C1. The molecule has 7 rings (SSSR count). The fraction of sp³-hybridized carbons (Fsp3) is 0.762. The summed E-state index contributed by atoms with van der Waals surface area (Å²) in [4.78, 5) is 62.8. The van der Waals surface area contributed by atoms with Crippen LogP contribution in [-0.2, 0) is 33.4 Å². The highest BCUT2D eigenvalue weighted by atomic mass is 16.6. The number of cyclic esters (lactones) is 4. The molecular weight excluding hydrogens is 364 g/mol. The fourth-order valence-electron chi connectivity index (χ4n) is 9.16. The molecule has 0 aromatic rings. The fourth-order valence-corrected chi connectivity index (χ4v) is 9.16. The molecule has 7 nitrogen and oxygen atoms in total. The van der Waals surface area contributed by atoms with E-state index in [-0.39, 0.29) is 41.3 Å². The van der Waals surface area contributed by atoms with Gasteiger partial charge in [-0.15, -0.1) is 0 Å². The lowest BCUT2D eigenvalue weighted by Crippen LogP contribution is -2.48. The summed E-state index contributed by atoms with van der Waals surface area (Å²) in [6.07, 6.45) is 4.27. The summed E-state index contributed by atoms with van der Waals surface area (Å²) in [6, 6.07) is 0. The summed E-state index contributed by atoms with van der Waals surface area (Å²) in [5.41, 5.74) is -1.11. The van der Waals surface area contributed by atoms with Crippen molar-refractivity contribution >= 4 is 29.7 Å². The number of Topliss-reactive ketones (excluding diaryl/α,β-unsaturated/α-hetero) is 1. The third-order valence-corrected chi connectivity index (χ3v) is 9.85. The molecule has 0 unspecified atom stereocenters. The quantitative estimate of drug-likeness (QED) is 0.454. The molecule has 2 aliphatic heterocycles. The number of hydrogen-bond acceptors (Lipinski definition) is 7. The number of carbonyl (C=O) groups excluding carboxylic acids is 5. The van der Waals surface area contributed by atoms with Gasteiger partial charge in [-0.2, -0.15) is 0 Å². The Labute approximate surface area is 160 Å². The van der Waals surface area contributed by atoms with E-state index in [1.807, 2.05) is 0 Å². The van der Waals surface area contributed by atoms with Gasteiger partial charge in [0.25, 0.3) is 0 Å². The molecule has 2 heterocycles. The average molecular weight is 384 g/mol. The van der Waals surface area contributed by atoms with Gasteiger partial charge in [-0.25, -0.2) is 0 Å². The average Bonchev–Trinajstić information content (AvgIpc) is 3.46. The summed E-state index contributed by atoms with van der Waals surface area (Å²) in [5, 5.41) is 0. The Morgan fingerprint density at radius 1 is 0.607 bits per heavy atom. The van der Waals surface area contributed by atoms with Crippen LogP contribution in [0.5, 0.6) is 0 Å². The van der Waals surface area contributed by atoms with Gasteiger partial charge in [-0.1, -0.05) is 0 Å². The van der Waals surface area contributed by atoms with Gasteiger partial charge in [0.15, 0.2) is 0 Å². The van der Waals surface area contributed by atoms with Crippen molar-refractivity contribution in [1.82, 2.24) is 0 Å². The Kier molecular flexibility index (Phi) is 2.49. The lowest BCUT2D eigenvalue weighted by Gasteiger charge is -2.41. The van der Waals surface area contributed by atoms with Crippen LogP contribution >= 0.6 is 0 Å². The van der Waals surface area contributed by atoms with Crippen LogP contribution in [0.15, 0.2) is 0 Å². The van der Waals surface area contributed by atoms with E-state index in [1.165, 1.54) is 0 Å². The van der Waals surface area contributed by atoms with Crippen LogP contribution in [0.25, 0.3) is 0 Å². The van der Waals surface area contributed by atoms with Crippen molar-refractivity contribution in [1.29, 1.82) is 0 Å². The first-order chi connectivity index (χ1) is 13.4. The van der Waals surface area contributed by atoms with Gasteiger partial charge in [0.1, 0.15) is 5.78 Å². The molecule has 2 saturated heterocycles. The first kappa shape index (κ1) is 15.8. The Balaban J connectivity index is 1.27. The number of ether oxygens (including phenoxy) is 2. The number of ketones is 1. The molecule has 0 radical (unpaired) electrons. The van der Waals surface area contributed by atoms with E-state index in [2.05, 4.69) is 0 Å². The lowest BCUT2D eigenvalue weighted by atomic mass is 9.58. The minimum Gasteiger partial charge on any atom is -0.393 e. The van der Waals surface area contributed by atoms with Crippen LogP contribution in [-0.4, -0.2) is 29.7 Å². The summed E-state index contributed by atoms with van der Waals surface area (Å²) in [7, 11) is 0. The molecule has 5 aliphatic carbocycles. The van der Waals surface area contributed by atoms with Gasteiger partial charge in [0.05, 0.1) is 23.7 Å². The highest BCUT2D eigenvalue weighted by molar-refractivity contribution is 6.02. The van der Waals surface area contributed by atoms with E-state index >= 15 is 0 Å². The zero-order chi connectivity index (χ0) is 19.2. The highest BCUT2D eigenvalue weighted by Gasteiger charge is 2.78. The Morgan fingerprint density at radius 3 is 1.43 bits per heavy atom. The van der Waals surface area contributed by atoms with Gasteiger partial charge in [-0.3, -0.25) is 24.0 Å². The number of carbonyl (C=O) groups is 5. The van der Waals surface area contributed by atoms with Crippen LogP contribution in [0, 0.1) is 58.2 Å². The number of esters is 4. The third-order valence-electron chi connectivity index (χ3n) is 9.85. The van der Waals surface area contributed by atoms with Gasteiger partial charge >= 0.3 is 23.9 Å². The Morgan fingerprint density at radius 2 is 1.00 bits per heavy atom. The Bertz CT molecular complexity index is 850. The van der Waals surface area contributed by atoms with Gasteiger partial charge in [0, 0.05) is 10.8 Å². The summed E-state index contributed by atoms with van der Waals surface area (Å²) < 4.78 is 9.82. The molecule has 28 heavy (non-hydrogen) atoms. The summed E-state index contributed by atoms with van der Waals surface area (Å²) in [6.45, 7) is 0. The first-order valence-electron chi connectivity index (χ1n) is 10.4. The molecule has 5 saturated carbocycles. The summed E-state index contributed by atoms with van der Waals surface area (Å²) >= 11 is 0. The molecule has 2 spiro atoms. The van der Waals surface area contributed by atoms with E-state index in [0.717, 1.165) is 25.7 Å². The second kappa shape index (κ2) is 4.41. The van der Waals surface area contributed by atoms with Crippen molar-refractivity contribution in [3.63, 3.8) is 0 Å². The number of hydrogen-bond donors (Lipinski definition) is 0. The second-order valence-electron chi connectivity index (χ2n) is 10.3. The van der Waals surface area contributed by atoms with Gasteiger partial charge in [-0.05, 0) is 62.2 Å². The molecule has 0 aromatic carbocycles. The highest BCUT2D eigenvalue weighted by Crippen LogP contribution is 2.75. The smallest absolute Gasteiger partial charge is 0.317 e. The molecule has 146 valence electrons. The van der Waals surface area contributed by atoms with Crippen molar-refractivity contribution in [2.45, 2.75) is 38.5 Å². The van der Waals surface area contributed by atoms with Gasteiger partial charge < -0.3 is 9.47 Å². The molecule has 4 bridgehead atoms. The van der Waals surface area contributed by atoms with Crippen molar-refractivity contribution in [3.8, 4) is 0 Å². The minimum atomic E-state index is -0.554. The monoisotopic (exact) mass is 384 g/mol. The number of fused-ring (bicyclic) bond motifs is 12. The maximum Gasteiger partial charge on any atom is 0.317 e. The molecule has 0 amide bonds. The lowest BCUT2D eigenvalue weighted by molar-refractivity contribution is -0.156. The topological polar surface area (TPSA) is 104 Å². The predicted octanol–water partition coefficient (Wildman–Crippen LogP) is 1.03. The molecule has 10 atom stereocenters. The van der Waals surface area contributed by atoms with Gasteiger partial charge in [0.2, 0.25) is 0 Å². The van der Waals surface area contributed by atoms with Crippen LogP contribution in [0.1, 0.15) is 38.5 Å². The zero-order valence-electron chi connectivity index (χ0n) is 15.2. The minimum absolute atomic E-state index is 0.0532. The summed E-state index contributed by atoms with van der Waals surface area (Å²) in [5.74, 6) is -3.28. The maximum absolute atomic E-state index is 14.0. The van der Waals surface area contributed by atoms with Crippen LogP contribution in [0.4, 0.5) is 0 Å². The standard InChI is InChI=1S/C21H20O7/c22-15-11-7-3-9(13(11)17(24)27-15)20(5-7)1-2-21(19(20)26)6-8-4-10(21)14-12(8)16(23)28-18(14)25/h7-14H,1-6H2/t7-,8+,9-,10-,11-,12+,13+,14-,20-,21-/m1/s1. The van der Waals surface area contributed by atoms with Crippen LogP contribution in [0.3, 0.4) is 0 Å². The molecule has 7 heteroatoms. The van der Waals surface area contributed by atoms with E-state index in [0.29, 0.717) is 12.8 Å². The first-order valence-corrected chi connectivity index (χ1v) is 10.4.